The van der Waals surface area contributed by atoms with Crippen molar-refractivity contribution < 1.29 is 9.53 Å². The Labute approximate surface area is 186 Å². The van der Waals surface area contributed by atoms with E-state index in [1.165, 1.54) is 25.1 Å². The van der Waals surface area contributed by atoms with Crippen LogP contribution in [0.2, 0.25) is 0 Å². The van der Waals surface area contributed by atoms with E-state index in [1.54, 1.807) is 0 Å². The maximum Gasteiger partial charge on any atom is 0.176 e. The topological polar surface area (TPSA) is 36.0 Å². The molecule has 0 N–H and O–H groups in total. The van der Waals surface area contributed by atoms with E-state index >= 15 is 0 Å². The summed E-state index contributed by atoms with van der Waals surface area (Å²) < 4.78 is 5.89. The lowest BCUT2D eigenvalue weighted by Crippen LogP contribution is -2.48. The highest BCUT2D eigenvalue weighted by molar-refractivity contribution is 5.97. The molecule has 5 nitrogen and oxygen atoms in total. The molecule has 166 valence electrons. The van der Waals surface area contributed by atoms with Gasteiger partial charge in [-0.25, -0.2) is 0 Å². The number of ether oxygens (including phenoxy) is 1. The Bertz CT molecular complexity index is 816. The molecule has 5 heteroatoms. The summed E-state index contributed by atoms with van der Waals surface area (Å²) in [6.07, 6.45) is 3.68. The number of carbonyl (C=O) groups is 1. The van der Waals surface area contributed by atoms with Crippen LogP contribution < -0.4 is 9.64 Å². The lowest BCUT2D eigenvalue weighted by molar-refractivity contribution is 0.0926. The van der Waals surface area contributed by atoms with Crippen LogP contribution >= 0.6 is 0 Å². The van der Waals surface area contributed by atoms with Gasteiger partial charge in [0.25, 0.3) is 0 Å². The number of hydrogen-bond acceptors (Lipinski definition) is 5. The first-order valence-corrected chi connectivity index (χ1v) is 11.7. The van der Waals surface area contributed by atoms with Crippen LogP contribution in [0.5, 0.6) is 5.75 Å². The van der Waals surface area contributed by atoms with Gasteiger partial charge in [-0.15, -0.1) is 0 Å². The van der Waals surface area contributed by atoms with E-state index in [1.807, 2.05) is 30.3 Å². The van der Waals surface area contributed by atoms with E-state index < -0.39 is 0 Å². The number of nitrogens with zero attached hydrogens (tertiary/aromatic N) is 3. The van der Waals surface area contributed by atoms with Crippen LogP contribution in [0.15, 0.2) is 54.6 Å². The van der Waals surface area contributed by atoms with Crippen LogP contribution in [0.4, 0.5) is 5.69 Å². The molecule has 0 unspecified atom stereocenters. The molecular formula is C26H35N3O2. The van der Waals surface area contributed by atoms with Gasteiger partial charge in [0.2, 0.25) is 0 Å². The number of anilines is 1. The maximum atomic E-state index is 12.7. The van der Waals surface area contributed by atoms with Gasteiger partial charge in [0.1, 0.15) is 5.75 Å². The van der Waals surface area contributed by atoms with Crippen molar-refractivity contribution >= 4 is 11.5 Å². The number of para-hydroxylation sites is 1. The highest BCUT2D eigenvalue weighted by Crippen LogP contribution is 2.18. The molecular weight excluding hydrogens is 386 g/mol. The van der Waals surface area contributed by atoms with Crippen molar-refractivity contribution in [3.8, 4) is 5.75 Å². The molecule has 2 aliphatic rings. The third-order valence-electron chi connectivity index (χ3n) is 6.59. The van der Waals surface area contributed by atoms with Crippen molar-refractivity contribution in [3.63, 3.8) is 0 Å². The van der Waals surface area contributed by atoms with Crippen LogP contribution in [0.3, 0.4) is 0 Å². The minimum atomic E-state index is 0.183. The largest absolute Gasteiger partial charge is 0.494 e. The molecule has 1 atom stereocenters. The lowest BCUT2D eigenvalue weighted by atomic mass is 10.1. The van der Waals surface area contributed by atoms with Crippen LogP contribution in [0.25, 0.3) is 0 Å². The van der Waals surface area contributed by atoms with Crippen molar-refractivity contribution in [2.45, 2.75) is 32.2 Å². The molecule has 2 heterocycles. The molecule has 2 aromatic rings. The monoisotopic (exact) mass is 421 g/mol. The van der Waals surface area contributed by atoms with Crippen molar-refractivity contribution in [1.29, 1.82) is 0 Å². The Balaban J connectivity index is 1.17. The highest BCUT2D eigenvalue weighted by Gasteiger charge is 2.20. The van der Waals surface area contributed by atoms with Gasteiger partial charge in [0.05, 0.1) is 13.2 Å². The van der Waals surface area contributed by atoms with E-state index in [9.17, 15) is 4.79 Å². The summed E-state index contributed by atoms with van der Waals surface area (Å²) >= 11 is 0. The van der Waals surface area contributed by atoms with Crippen molar-refractivity contribution in [1.82, 2.24) is 9.80 Å². The molecule has 0 radical (unpaired) electrons. The smallest absolute Gasteiger partial charge is 0.176 e. The fourth-order valence-corrected chi connectivity index (χ4v) is 4.62. The van der Waals surface area contributed by atoms with Gasteiger partial charge in [0.15, 0.2) is 5.78 Å². The normalized spacial score (nSPS) is 20.2. The zero-order chi connectivity index (χ0) is 21.5. The Morgan fingerprint density at radius 3 is 2.39 bits per heavy atom. The molecule has 2 aromatic carbocycles. The maximum absolute atomic E-state index is 12.7. The summed E-state index contributed by atoms with van der Waals surface area (Å²) in [7, 11) is 0. The fraction of sp³-hybridized carbons (Fsp3) is 0.500. The van der Waals surface area contributed by atoms with E-state index in [-0.39, 0.29) is 5.78 Å². The number of rotatable bonds is 9. The van der Waals surface area contributed by atoms with E-state index in [4.69, 9.17) is 4.74 Å². The minimum Gasteiger partial charge on any atom is -0.494 e. The summed E-state index contributed by atoms with van der Waals surface area (Å²) in [4.78, 5) is 19.9. The molecule has 2 aliphatic heterocycles. The average Bonchev–Trinajstić information content (AvgIpc) is 3.23. The first-order chi connectivity index (χ1) is 15.2. The molecule has 4 rings (SSSR count). The first-order valence-electron chi connectivity index (χ1n) is 11.7. The van der Waals surface area contributed by atoms with Crippen LogP contribution in [-0.2, 0) is 0 Å². The highest BCUT2D eigenvalue weighted by atomic mass is 16.5. The average molecular weight is 422 g/mol. The minimum absolute atomic E-state index is 0.183. The van der Waals surface area contributed by atoms with E-state index in [2.05, 4.69) is 45.9 Å². The molecule has 0 bridgehead atoms. The third kappa shape index (κ3) is 6.08. The zero-order valence-electron chi connectivity index (χ0n) is 18.7. The number of Topliss-reactive ketones (excluding diaryl/α,β-unsaturated/α-hetero) is 1. The van der Waals surface area contributed by atoms with Crippen LogP contribution in [0.1, 0.15) is 36.5 Å². The Morgan fingerprint density at radius 1 is 0.968 bits per heavy atom. The van der Waals surface area contributed by atoms with E-state index in [0.717, 1.165) is 57.1 Å². The van der Waals surface area contributed by atoms with Gasteiger partial charge in [-0.3, -0.25) is 9.69 Å². The summed E-state index contributed by atoms with van der Waals surface area (Å²) in [5.41, 5.74) is 2.03. The third-order valence-corrected chi connectivity index (χ3v) is 6.59. The molecule has 2 fully saturated rings. The summed E-state index contributed by atoms with van der Waals surface area (Å²) in [5, 5.41) is 0. The number of carbonyl (C=O) groups excluding carboxylic acids is 1. The number of piperazine rings is 1. The predicted molar refractivity (Wildman–Crippen MR) is 126 cm³/mol. The number of benzene rings is 2. The zero-order valence-corrected chi connectivity index (χ0v) is 18.7. The standard InChI is InChI=1S/C26H35N3O2/c1-22-7-5-14-28(22)15-6-20-31-25-12-10-23(11-13-25)26(30)21-27-16-18-29(19-17-27)24-8-3-2-4-9-24/h2-4,8-13,22H,5-7,14-21H2,1H3/t22-/m1/s1. The Kier molecular flexibility index (Phi) is 7.60. The van der Waals surface area contributed by atoms with Crippen molar-refractivity contribution in [2.75, 3.05) is 57.3 Å². The second-order valence-electron chi connectivity index (χ2n) is 8.78. The molecule has 0 aliphatic carbocycles. The molecule has 0 amide bonds. The lowest BCUT2D eigenvalue weighted by Gasteiger charge is -2.35. The molecule has 0 saturated carbocycles. The van der Waals surface area contributed by atoms with Gasteiger partial charge < -0.3 is 14.5 Å². The summed E-state index contributed by atoms with van der Waals surface area (Å²) in [5.74, 6) is 1.03. The van der Waals surface area contributed by atoms with Gasteiger partial charge >= 0.3 is 0 Å². The summed E-state index contributed by atoms with van der Waals surface area (Å²) in [6.45, 7) is 9.59. The Morgan fingerprint density at radius 2 is 1.71 bits per heavy atom. The second-order valence-corrected chi connectivity index (χ2v) is 8.78. The van der Waals surface area contributed by atoms with Crippen molar-refractivity contribution in [3.05, 3.63) is 60.2 Å². The number of ketones is 1. The molecule has 2 saturated heterocycles. The van der Waals surface area contributed by atoms with E-state index in [0.29, 0.717) is 12.6 Å². The summed E-state index contributed by atoms with van der Waals surface area (Å²) in [6, 6.07) is 18.9. The number of hydrogen-bond donors (Lipinski definition) is 0. The molecule has 0 aromatic heterocycles. The van der Waals surface area contributed by atoms with Gasteiger partial charge in [-0.05, 0) is 69.1 Å². The second kappa shape index (κ2) is 10.8. The number of likely N-dealkylation sites (tertiary alicyclic amines) is 1. The predicted octanol–water partition coefficient (Wildman–Crippen LogP) is 3.94. The van der Waals surface area contributed by atoms with Gasteiger partial charge in [0, 0.05) is 50.0 Å². The first kappa shape index (κ1) is 21.8. The molecule has 0 spiro atoms. The SMILES string of the molecule is C[C@@H]1CCCN1CCCOc1ccc(C(=O)CN2CCN(c3ccccc3)CC2)cc1. The van der Waals surface area contributed by atoms with Gasteiger partial charge in [-0.1, -0.05) is 18.2 Å². The van der Waals surface area contributed by atoms with Crippen molar-refractivity contribution in [2.24, 2.45) is 0 Å². The fourth-order valence-electron chi connectivity index (χ4n) is 4.62. The van der Waals surface area contributed by atoms with Gasteiger partial charge in [-0.2, -0.15) is 0 Å². The quantitative estimate of drug-likeness (QED) is 0.453. The Hall–Kier alpha value is -2.37. The molecule has 31 heavy (non-hydrogen) atoms. The van der Waals surface area contributed by atoms with Crippen LogP contribution in [-0.4, -0.2) is 74.0 Å². The van der Waals surface area contributed by atoms with Crippen LogP contribution in [0, 0.1) is 0 Å².